The molecule has 0 bridgehead atoms. The van der Waals surface area contributed by atoms with Gasteiger partial charge in [0.25, 0.3) is 0 Å². The summed E-state index contributed by atoms with van der Waals surface area (Å²) >= 11 is 0. The highest BCUT2D eigenvalue weighted by atomic mass is 15.3. The molecule has 7 heteroatoms. The van der Waals surface area contributed by atoms with Crippen LogP contribution in [0, 0.1) is 6.92 Å². The van der Waals surface area contributed by atoms with Gasteiger partial charge in [0.1, 0.15) is 11.6 Å². The van der Waals surface area contributed by atoms with Crippen LogP contribution >= 0.6 is 0 Å². The van der Waals surface area contributed by atoms with Crippen LogP contribution in [-0.2, 0) is 0 Å². The minimum Gasteiger partial charge on any atom is -0.353 e. The Labute approximate surface area is 146 Å². The zero-order valence-corrected chi connectivity index (χ0v) is 14.1. The summed E-state index contributed by atoms with van der Waals surface area (Å²) in [4.78, 5) is 17.2. The Balaban J connectivity index is 1.42. The van der Waals surface area contributed by atoms with Crippen LogP contribution in [0.3, 0.4) is 0 Å². The number of aromatic nitrogens is 5. The third-order valence-electron chi connectivity index (χ3n) is 4.32. The number of hydrogen-bond donors (Lipinski definition) is 0. The van der Waals surface area contributed by atoms with E-state index in [1.54, 1.807) is 12.4 Å². The number of pyridine rings is 1. The van der Waals surface area contributed by atoms with Crippen LogP contribution in [-0.4, -0.2) is 51.3 Å². The minimum absolute atomic E-state index is 0.803. The maximum absolute atomic E-state index is 4.50. The van der Waals surface area contributed by atoms with Crippen LogP contribution in [0.5, 0.6) is 0 Å². The van der Waals surface area contributed by atoms with E-state index in [1.807, 2.05) is 43.5 Å². The Kier molecular flexibility index (Phi) is 4.20. The molecule has 0 aromatic carbocycles. The fraction of sp³-hybridized carbons (Fsp3) is 0.278. The molecule has 25 heavy (non-hydrogen) atoms. The van der Waals surface area contributed by atoms with Crippen molar-refractivity contribution in [2.24, 2.45) is 0 Å². The Bertz CT molecular complexity index is 828. The van der Waals surface area contributed by atoms with Crippen LogP contribution in [0.4, 0.5) is 11.6 Å². The summed E-state index contributed by atoms with van der Waals surface area (Å²) in [5.74, 6) is 2.71. The Morgan fingerprint density at radius 3 is 2.12 bits per heavy atom. The van der Waals surface area contributed by atoms with E-state index >= 15 is 0 Å². The monoisotopic (exact) mass is 333 g/mol. The zero-order valence-electron chi connectivity index (χ0n) is 14.1. The lowest BCUT2D eigenvalue weighted by Gasteiger charge is -2.35. The average Bonchev–Trinajstić information content (AvgIpc) is 2.69. The molecule has 1 saturated heterocycles. The van der Waals surface area contributed by atoms with Gasteiger partial charge in [-0.15, -0.1) is 10.2 Å². The fourth-order valence-electron chi connectivity index (χ4n) is 2.96. The van der Waals surface area contributed by atoms with Crippen LogP contribution in [0.15, 0.2) is 48.9 Å². The second kappa shape index (κ2) is 6.80. The normalized spacial score (nSPS) is 14.6. The molecule has 0 atom stereocenters. The summed E-state index contributed by atoms with van der Waals surface area (Å²) in [6, 6.07) is 9.88. The molecule has 0 aliphatic carbocycles. The highest BCUT2D eigenvalue weighted by Gasteiger charge is 2.19. The number of aryl methyl sites for hydroxylation is 1. The fourth-order valence-corrected chi connectivity index (χ4v) is 2.96. The van der Waals surface area contributed by atoms with E-state index in [0.717, 1.165) is 54.9 Å². The first-order valence-corrected chi connectivity index (χ1v) is 8.33. The molecular formula is C18H19N7. The number of rotatable bonds is 3. The number of anilines is 2. The van der Waals surface area contributed by atoms with Gasteiger partial charge < -0.3 is 9.80 Å². The molecule has 126 valence electrons. The number of nitrogens with zero attached hydrogens (tertiary/aromatic N) is 7. The van der Waals surface area contributed by atoms with Gasteiger partial charge in [-0.05, 0) is 37.3 Å². The lowest BCUT2D eigenvalue weighted by Crippen LogP contribution is -2.47. The molecule has 3 aromatic heterocycles. The lowest BCUT2D eigenvalue weighted by atomic mass is 10.2. The Morgan fingerprint density at radius 1 is 0.760 bits per heavy atom. The summed E-state index contributed by atoms with van der Waals surface area (Å²) in [5, 5.41) is 8.76. The SMILES string of the molecule is Cc1nccc(N2CCN(c3ccc(-c4ccncc4)nn3)CC2)n1. The van der Waals surface area contributed by atoms with Crippen molar-refractivity contribution in [1.82, 2.24) is 25.1 Å². The van der Waals surface area contributed by atoms with E-state index < -0.39 is 0 Å². The molecule has 0 N–H and O–H groups in total. The quantitative estimate of drug-likeness (QED) is 0.725. The van der Waals surface area contributed by atoms with Crippen molar-refractivity contribution in [3.63, 3.8) is 0 Å². The smallest absolute Gasteiger partial charge is 0.151 e. The summed E-state index contributed by atoms with van der Waals surface area (Å²) in [6.45, 7) is 5.52. The summed E-state index contributed by atoms with van der Waals surface area (Å²) < 4.78 is 0. The van der Waals surface area contributed by atoms with Crippen molar-refractivity contribution in [3.05, 3.63) is 54.7 Å². The van der Waals surface area contributed by atoms with Crippen molar-refractivity contribution in [3.8, 4) is 11.3 Å². The standard InChI is InChI=1S/C18H19N7/c1-14-20-9-6-17(21-14)24-10-12-25(13-11-24)18-3-2-16(22-23-18)15-4-7-19-8-5-15/h2-9H,10-13H2,1H3. The van der Waals surface area contributed by atoms with Gasteiger partial charge in [0, 0.05) is 50.3 Å². The van der Waals surface area contributed by atoms with Gasteiger partial charge >= 0.3 is 0 Å². The van der Waals surface area contributed by atoms with Crippen LogP contribution < -0.4 is 9.80 Å². The molecule has 3 aromatic rings. The second-order valence-electron chi connectivity index (χ2n) is 5.95. The van der Waals surface area contributed by atoms with Crippen LogP contribution in [0.25, 0.3) is 11.3 Å². The Morgan fingerprint density at radius 2 is 1.48 bits per heavy atom. The van der Waals surface area contributed by atoms with E-state index in [9.17, 15) is 0 Å². The van der Waals surface area contributed by atoms with E-state index in [0.29, 0.717) is 0 Å². The van der Waals surface area contributed by atoms with Gasteiger partial charge in [0.2, 0.25) is 0 Å². The summed E-state index contributed by atoms with van der Waals surface area (Å²) in [5.41, 5.74) is 1.89. The first-order valence-electron chi connectivity index (χ1n) is 8.33. The van der Waals surface area contributed by atoms with Crippen molar-refractivity contribution >= 4 is 11.6 Å². The predicted molar refractivity (Wildman–Crippen MR) is 96.5 cm³/mol. The third kappa shape index (κ3) is 3.40. The molecule has 0 spiro atoms. The molecule has 7 nitrogen and oxygen atoms in total. The molecule has 1 aliphatic rings. The van der Waals surface area contributed by atoms with Crippen LogP contribution in [0.1, 0.15) is 5.82 Å². The second-order valence-corrected chi connectivity index (χ2v) is 5.95. The maximum atomic E-state index is 4.50. The molecule has 0 saturated carbocycles. The Hall–Kier alpha value is -3.09. The molecule has 4 rings (SSSR count). The third-order valence-corrected chi connectivity index (χ3v) is 4.32. The largest absolute Gasteiger partial charge is 0.353 e. The van der Waals surface area contributed by atoms with Crippen molar-refractivity contribution in [2.45, 2.75) is 6.92 Å². The van der Waals surface area contributed by atoms with Crippen molar-refractivity contribution in [2.75, 3.05) is 36.0 Å². The van der Waals surface area contributed by atoms with E-state index in [2.05, 4.69) is 34.9 Å². The molecule has 0 radical (unpaired) electrons. The van der Waals surface area contributed by atoms with Gasteiger partial charge in [-0.3, -0.25) is 4.98 Å². The summed E-state index contributed by atoms with van der Waals surface area (Å²) in [6.07, 6.45) is 5.34. The molecule has 4 heterocycles. The van der Waals surface area contributed by atoms with Crippen molar-refractivity contribution in [1.29, 1.82) is 0 Å². The summed E-state index contributed by atoms with van der Waals surface area (Å²) in [7, 11) is 0. The van der Waals surface area contributed by atoms with Gasteiger partial charge in [-0.25, -0.2) is 9.97 Å². The maximum Gasteiger partial charge on any atom is 0.151 e. The lowest BCUT2D eigenvalue weighted by molar-refractivity contribution is 0.637. The van der Waals surface area contributed by atoms with E-state index in [1.165, 1.54) is 0 Å². The number of piperazine rings is 1. The number of hydrogen-bond acceptors (Lipinski definition) is 7. The highest BCUT2D eigenvalue weighted by molar-refractivity contribution is 5.59. The van der Waals surface area contributed by atoms with Gasteiger partial charge in [-0.2, -0.15) is 0 Å². The topological polar surface area (TPSA) is 70.9 Å². The first-order chi connectivity index (χ1) is 12.3. The zero-order chi connectivity index (χ0) is 17.1. The molecular weight excluding hydrogens is 314 g/mol. The molecule has 1 aliphatic heterocycles. The van der Waals surface area contributed by atoms with Gasteiger partial charge in [0.15, 0.2) is 5.82 Å². The van der Waals surface area contributed by atoms with Gasteiger partial charge in [-0.1, -0.05) is 0 Å². The average molecular weight is 333 g/mol. The van der Waals surface area contributed by atoms with Crippen molar-refractivity contribution < 1.29 is 0 Å². The molecule has 0 amide bonds. The predicted octanol–water partition coefficient (Wildman–Crippen LogP) is 1.96. The van der Waals surface area contributed by atoms with Crippen LogP contribution in [0.2, 0.25) is 0 Å². The first kappa shape index (κ1) is 15.4. The molecule has 0 unspecified atom stereocenters. The van der Waals surface area contributed by atoms with E-state index in [4.69, 9.17) is 0 Å². The molecule has 1 fully saturated rings. The minimum atomic E-state index is 0.803. The van der Waals surface area contributed by atoms with Gasteiger partial charge in [0.05, 0.1) is 5.69 Å². The van der Waals surface area contributed by atoms with E-state index in [-0.39, 0.29) is 0 Å². The highest BCUT2D eigenvalue weighted by Crippen LogP contribution is 2.20.